The Morgan fingerprint density at radius 3 is 2.03 bits per heavy atom. The van der Waals surface area contributed by atoms with Crippen molar-refractivity contribution in [2.75, 3.05) is 18.0 Å². The van der Waals surface area contributed by atoms with Crippen LogP contribution < -0.4 is 4.90 Å². The number of aromatic nitrogens is 1. The van der Waals surface area contributed by atoms with Crippen LogP contribution in [-0.2, 0) is 0 Å². The molecule has 1 aliphatic heterocycles. The molecule has 182 valence electrons. The van der Waals surface area contributed by atoms with Crippen LogP contribution in [0.1, 0.15) is 30.4 Å². The molecule has 1 fully saturated rings. The van der Waals surface area contributed by atoms with Crippen molar-refractivity contribution in [1.29, 1.82) is 0 Å². The van der Waals surface area contributed by atoms with E-state index in [1.165, 1.54) is 35.6 Å². The minimum absolute atomic E-state index is 0.634. The van der Waals surface area contributed by atoms with Gasteiger partial charge < -0.3 is 4.90 Å². The van der Waals surface area contributed by atoms with Gasteiger partial charge in [-0.2, -0.15) is 10.2 Å². The molecular formula is C26H26N8S2. The number of aryl methyl sites for hydroxylation is 2. The van der Waals surface area contributed by atoms with Gasteiger partial charge in [-0.3, -0.25) is 0 Å². The van der Waals surface area contributed by atoms with E-state index in [1.54, 1.807) is 17.5 Å². The van der Waals surface area contributed by atoms with Crippen molar-refractivity contribution in [2.45, 2.75) is 33.1 Å². The molecule has 1 aliphatic rings. The second-order valence-electron chi connectivity index (χ2n) is 8.52. The summed E-state index contributed by atoms with van der Waals surface area (Å²) in [6, 6.07) is 15.7. The Labute approximate surface area is 218 Å². The number of thiazole rings is 1. The molecule has 8 nitrogen and oxygen atoms in total. The van der Waals surface area contributed by atoms with Crippen molar-refractivity contribution in [2.24, 2.45) is 30.7 Å². The van der Waals surface area contributed by atoms with Crippen molar-refractivity contribution in [3.8, 4) is 0 Å². The molecule has 0 saturated carbocycles. The third-order valence-electron chi connectivity index (χ3n) is 5.81. The van der Waals surface area contributed by atoms with Crippen LogP contribution in [0.5, 0.6) is 0 Å². The van der Waals surface area contributed by atoms with E-state index in [1.807, 2.05) is 61.7 Å². The van der Waals surface area contributed by atoms with Crippen LogP contribution in [-0.4, -0.2) is 18.1 Å². The molecule has 2 aromatic heterocycles. The highest BCUT2D eigenvalue weighted by Gasteiger charge is 2.12. The zero-order valence-corrected chi connectivity index (χ0v) is 21.8. The SMILES string of the molecule is Cc1cc(/N=N/c2ccc(N3CCCCC3)s2)ccc1/N=N/c1ccc(/N=N/c2nccs2)c(C)c1. The molecule has 2 aromatic carbocycles. The van der Waals surface area contributed by atoms with Crippen LogP contribution in [0.15, 0.2) is 90.8 Å². The summed E-state index contributed by atoms with van der Waals surface area (Å²) in [6.07, 6.45) is 5.57. The predicted octanol–water partition coefficient (Wildman–Crippen LogP) is 10.1. The van der Waals surface area contributed by atoms with Gasteiger partial charge in [0.25, 0.3) is 0 Å². The number of anilines is 1. The number of hydrogen-bond acceptors (Lipinski definition) is 10. The van der Waals surface area contributed by atoms with E-state index in [2.05, 4.69) is 46.6 Å². The van der Waals surface area contributed by atoms with Crippen LogP contribution in [0.4, 0.5) is 37.9 Å². The second-order valence-corrected chi connectivity index (χ2v) is 10.4. The molecule has 0 aliphatic carbocycles. The quantitative estimate of drug-likeness (QED) is 0.230. The summed E-state index contributed by atoms with van der Waals surface area (Å²) < 4.78 is 0. The maximum Gasteiger partial charge on any atom is 0.229 e. The van der Waals surface area contributed by atoms with Crippen LogP contribution >= 0.6 is 22.7 Å². The molecule has 0 bridgehead atoms. The maximum absolute atomic E-state index is 4.45. The number of thiophene rings is 1. The fourth-order valence-electron chi connectivity index (χ4n) is 3.86. The topological polar surface area (TPSA) is 90.3 Å². The lowest BCUT2D eigenvalue weighted by Crippen LogP contribution is -2.28. The standard InChI is InChI=1S/C26H26N8S2/c1-18-17-21(29-32-24-10-11-25(36-24)34-13-4-3-5-14-34)7-8-22(18)30-28-20-6-9-23(19(2)16-20)31-33-26-27-12-15-35-26/h6-12,15-17H,3-5,13-14H2,1-2H3/b30-28+,32-29+,33-31+. The van der Waals surface area contributed by atoms with Crippen LogP contribution in [0.2, 0.25) is 0 Å². The first kappa shape index (κ1) is 24.1. The number of piperidine rings is 1. The second kappa shape index (κ2) is 11.4. The van der Waals surface area contributed by atoms with Gasteiger partial charge in [0.1, 0.15) is 5.00 Å². The normalized spacial score (nSPS) is 14.6. The summed E-state index contributed by atoms with van der Waals surface area (Å²) in [6.45, 7) is 6.24. The molecule has 0 unspecified atom stereocenters. The number of azo groups is 3. The summed E-state index contributed by atoms with van der Waals surface area (Å²) in [5.41, 5.74) is 5.08. The summed E-state index contributed by atoms with van der Waals surface area (Å²) in [7, 11) is 0. The Bertz CT molecular complexity index is 1400. The summed E-state index contributed by atoms with van der Waals surface area (Å²) in [5, 5.41) is 30.9. The number of rotatable bonds is 7. The molecule has 10 heteroatoms. The average molecular weight is 515 g/mol. The lowest BCUT2D eigenvalue weighted by Gasteiger charge is -2.26. The lowest BCUT2D eigenvalue weighted by molar-refractivity contribution is 0.580. The lowest BCUT2D eigenvalue weighted by atomic mass is 10.1. The highest BCUT2D eigenvalue weighted by Crippen LogP contribution is 2.35. The van der Waals surface area contributed by atoms with Gasteiger partial charge in [-0.15, -0.1) is 31.8 Å². The zero-order valence-electron chi connectivity index (χ0n) is 20.2. The molecule has 5 rings (SSSR count). The highest BCUT2D eigenvalue weighted by molar-refractivity contribution is 7.19. The largest absolute Gasteiger partial charge is 0.363 e. The fraction of sp³-hybridized carbons (Fsp3) is 0.269. The maximum atomic E-state index is 4.45. The van der Waals surface area contributed by atoms with Gasteiger partial charge in [0.15, 0.2) is 0 Å². The molecule has 0 amide bonds. The minimum atomic E-state index is 0.634. The Kier molecular flexibility index (Phi) is 7.63. The fourth-order valence-corrected chi connectivity index (χ4v) is 5.20. The van der Waals surface area contributed by atoms with Crippen LogP contribution in [0.3, 0.4) is 0 Å². The Balaban J connectivity index is 1.22. The van der Waals surface area contributed by atoms with Crippen molar-refractivity contribution in [1.82, 2.24) is 4.98 Å². The number of hydrogen-bond donors (Lipinski definition) is 0. The van der Waals surface area contributed by atoms with Gasteiger partial charge in [-0.1, -0.05) is 11.3 Å². The van der Waals surface area contributed by atoms with Crippen molar-refractivity contribution >= 4 is 60.6 Å². The molecular weight excluding hydrogens is 488 g/mol. The first-order valence-corrected chi connectivity index (χ1v) is 13.5. The average Bonchev–Trinajstić information content (AvgIpc) is 3.59. The van der Waals surface area contributed by atoms with Crippen molar-refractivity contribution in [3.05, 3.63) is 71.2 Å². The highest BCUT2D eigenvalue weighted by atomic mass is 32.1. The first-order valence-electron chi connectivity index (χ1n) is 11.8. The van der Waals surface area contributed by atoms with Gasteiger partial charge in [-0.25, -0.2) is 4.98 Å². The molecule has 3 heterocycles. The Morgan fingerprint density at radius 1 is 0.722 bits per heavy atom. The van der Waals surface area contributed by atoms with Crippen molar-refractivity contribution < 1.29 is 0 Å². The van der Waals surface area contributed by atoms with Gasteiger partial charge in [0.2, 0.25) is 5.13 Å². The molecule has 0 N–H and O–H groups in total. The summed E-state index contributed by atoms with van der Waals surface area (Å²) >= 11 is 3.14. The predicted molar refractivity (Wildman–Crippen MR) is 147 cm³/mol. The van der Waals surface area contributed by atoms with Gasteiger partial charge in [0, 0.05) is 24.7 Å². The first-order chi connectivity index (χ1) is 17.6. The van der Waals surface area contributed by atoms with E-state index in [0.717, 1.165) is 52.0 Å². The monoisotopic (exact) mass is 514 g/mol. The van der Waals surface area contributed by atoms with E-state index < -0.39 is 0 Å². The molecule has 0 spiro atoms. The minimum Gasteiger partial charge on any atom is -0.363 e. The smallest absolute Gasteiger partial charge is 0.229 e. The third-order valence-corrected chi connectivity index (χ3v) is 7.49. The van der Waals surface area contributed by atoms with E-state index >= 15 is 0 Å². The van der Waals surface area contributed by atoms with E-state index in [4.69, 9.17) is 0 Å². The van der Waals surface area contributed by atoms with Gasteiger partial charge >= 0.3 is 0 Å². The van der Waals surface area contributed by atoms with Gasteiger partial charge in [0.05, 0.1) is 27.8 Å². The summed E-state index contributed by atoms with van der Waals surface area (Å²) in [4.78, 5) is 6.56. The van der Waals surface area contributed by atoms with Crippen molar-refractivity contribution in [3.63, 3.8) is 0 Å². The van der Waals surface area contributed by atoms with Gasteiger partial charge in [-0.05, 0) is 92.8 Å². The van der Waals surface area contributed by atoms with Crippen LogP contribution in [0, 0.1) is 13.8 Å². The van der Waals surface area contributed by atoms with E-state index in [0.29, 0.717) is 5.13 Å². The molecule has 0 radical (unpaired) electrons. The van der Waals surface area contributed by atoms with E-state index in [-0.39, 0.29) is 0 Å². The molecule has 36 heavy (non-hydrogen) atoms. The van der Waals surface area contributed by atoms with Crippen LogP contribution in [0.25, 0.3) is 0 Å². The molecule has 1 saturated heterocycles. The number of nitrogens with zero attached hydrogens (tertiary/aromatic N) is 8. The van der Waals surface area contributed by atoms with E-state index in [9.17, 15) is 0 Å². The molecule has 4 aromatic rings. The Morgan fingerprint density at radius 2 is 1.39 bits per heavy atom. The Hall–Kier alpha value is -3.63. The third kappa shape index (κ3) is 6.13. The zero-order chi connectivity index (χ0) is 24.7. The molecule has 0 atom stereocenters. The number of benzene rings is 2. The summed E-state index contributed by atoms with van der Waals surface area (Å²) in [5.74, 6) is 0.